The molecule has 1 aliphatic rings. The molecule has 3 N–H and O–H groups in total. The molecule has 1 heterocycles. The van der Waals surface area contributed by atoms with Crippen molar-refractivity contribution in [3.8, 4) is 11.5 Å². The normalized spacial score (nSPS) is 17.6. The highest BCUT2D eigenvalue weighted by Crippen LogP contribution is 2.47. The third-order valence-electron chi connectivity index (χ3n) is 8.15. The standard InChI is InChI=1S/C35H52O4S/c1-32(2,3)25-18-20-17-24(31(38)39)23-19-26(33(4,5)6)30(37)28(35(10,11)12)22(23)14-16-40-15-13-21(20)27(29(25)36)34(7,8)9/h18-19,24,36-37H,13-17H2,1-12H3,(H,38,39). The summed E-state index contributed by atoms with van der Waals surface area (Å²) in [4.78, 5) is 13.2. The van der Waals surface area contributed by atoms with E-state index in [-0.39, 0.29) is 21.7 Å². The number of aliphatic carboxylic acids is 1. The van der Waals surface area contributed by atoms with Crippen molar-refractivity contribution in [1.82, 2.24) is 0 Å². The van der Waals surface area contributed by atoms with Crippen molar-refractivity contribution in [2.75, 3.05) is 11.5 Å². The Bertz CT molecular complexity index is 1280. The second-order valence-electron chi connectivity index (χ2n) is 15.7. The number of carboxylic acids is 1. The van der Waals surface area contributed by atoms with E-state index in [1.807, 2.05) is 17.8 Å². The van der Waals surface area contributed by atoms with Gasteiger partial charge in [0.25, 0.3) is 0 Å². The summed E-state index contributed by atoms with van der Waals surface area (Å²) in [5.74, 6) is 0.744. The first-order valence-electron chi connectivity index (χ1n) is 14.7. The molecule has 3 rings (SSSR count). The molecule has 0 radical (unpaired) electrons. The molecule has 0 aromatic heterocycles. The van der Waals surface area contributed by atoms with Gasteiger partial charge in [-0.3, -0.25) is 4.79 Å². The van der Waals surface area contributed by atoms with Gasteiger partial charge in [0.05, 0.1) is 5.92 Å². The van der Waals surface area contributed by atoms with Gasteiger partial charge in [-0.25, -0.2) is 0 Å². The molecule has 0 aliphatic carbocycles. The number of benzene rings is 2. The van der Waals surface area contributed by atoms with Gasteiger partial charge in [-0.2, -0.15) is 11.8 Å². The number of hydrogen-bond acceptors (Lipinski definition) is 4. The minimum atomic E-state index is -0.854. The fourth-order valence-corrected chi connectivity index (χ4v) is 7.21. The number of aromatic hydroxyl groups is 2. The molecular weight excluding hydrogens is 516 g/mol. The molecule has 40 heavy (non-hydrogen) atoms. The van der Waals surface area contributed by atoms with Crippen molar-refractivity contribution in [1.29, 1.82) is 0 Å². The highest BCUT2D eigenvalue weighted by Gasteiger charge is 2.36. The van der Waals surface area contributed by atoms with Crippen LogP contribution in [-0.4, -0.2) is 32.8 Å². The van der Waals surface area contributed by atoms with E-state index in [2.05, 4.69) is 89.2 Å². The van der Waals surface area contributed by atoms with Gasteiger partial charge in [-0.1, -0.05) is 95.2 Å². The lowest BCUT2D eigenvalue weighted by Crippen LogP contribution is -2.25. The topological polar surface area (TPSA) is 77.8 Å². The zero-order valence-electron chi connectivity index (χ0n) is 26.9. The van der Waals surface area contributed by atoms with E-state index in [1.54, 1.807) is 0 Å². The van der Waals surface area contributed by atoms with Gasteiger partial charge < -0.3 is 15.3 Å². The number of carboxylic acid groups (broad SMARTS) is 1. The van der Waals surface area contributed by atoms with Gasteiger partial charge in [0.1, 0.15) is 11.5 Å². The Balaban J connectivity index is 2.47. The summed E-state index contributed by atoms with van der Waals surface area (Å²) < 4.78 is 0. The smallest absolute Gasteiger partial charge is 0.311 e. The van der Waals surface area contributed by atoms with Crippen LogP contribution in [-0.2, 0) is 45.7 Å². The van der Waals surface area contributed by atoms with Crippen molar-refractivity contribution in [3.63, 3.8) is 0 Å². The predicted octanol–water partition coefficient (Wildman–Crippen LogP) is 8.53. The first-order valence-corrected chi connectivity index (χ1v) is 15.8. The zero-order valence-corrected chi connectivity index (χ0v) is 27.7. The second kappa shape index (κ2) is 10.9. The van der Waals surface area contributed by atoms with Gasteiger partial charge in [0, 0.05) is 11.1 Å². The van der Waals surface area contributed by atoms with E-state index in [0.717, 1.165) is 62.4 Å². The third kappa shape index (κ3) is 6.50. The van der Waals surface area contributed by atoms with E-state index in [0.29, 0.717) is 24.3 Å². The number of hydrogen-bond donors (Lipinski definition) is 3. The Labute approximate surface area is 247 Å². The molecule has 0 bridgehead atoms. The molecule has 2 aromatic carbocycles. The Kier molecular flexibility index (Phi) is 8.84. The van der Waals surface area contributed by atoms with Crippen molar-refractivity contribution in [2.45, 2.75) is 130 Å². The maximum Gasteiger partial charge on any atom is 0.311 e. The maximum absolute atomic E-state index is 13.2. The Morgan fingerprint density at radius 1 is 0.700 bits per heavy atom. The first-order chi connectivity index (χ1) is 18.1. The van der Waals surface area contributed by atoms with Crippen molar-refractivity contribution >= 4 is 17.7 Å². The summed E-state index contributed by atoms with van der Waals surface area (Å²) in [5.41, 5.74) is 6.04. The number of carbonyl (C=O) groups is 1. The molecule has 0 saturated heterocycles. The van der Waals surface area contributed by atoms with E-state index in [4.69, 9.17) is 0 Å². The van der Waals surface area contributed by atoms with E-state index in [9.17, 15) is 20.1 Å². The Morgan fingerprint density at radius 3 is 1.55 bits per heavy atom. The van der Waals surface area contributed by atoms with Gasteiger partial charge >= 0.3 is 5.97 Å². The molecule has 4 nitrogen and oxygen atoms in total. The summed E-state index contributed by atoms with van der Waals surface area (Å²) in [6, 6.07) is 4.06. The van der Waals surface area contributed by atoms with E-state index >= 15 is 0 Å². The van der Waals surface area contributed by atoms with Crippen LogP contribution in [0.3, 0.4) is 0 Å². The zero-order chi connectivity index (χ0) is 30.6. The van der Waals surface area contributed by atoms with Crippen LogP contribution < -0.4 is 0 Å². The van der Waals surface area contributed by atoms with Crippen LogP contribution in [0.1, 0.15) is 134 Å². The number of phenols is 2. The van der Waals surface area contributed by atoms with Crippen LogP contribution in [0, 0.1) is 0 Å². The molecule has 1 atom stereocenters. The largest absolute Gasteiger partial charge is 0.507 e. The molecule has 5 heteroatoms. The molecule has 0 spiro atoms. The fourth-order valence-electron chi connectivity index (χ4n) is 6.31. The summed E-state index contributed by atoms with van der Waals surface area (Å²) in [6.07, 6.45) is 1.82. The first kappa shape index (κ1) is 32.4. The Hall–Kier alpha value is -2.14. The molecule has 2 aromatic rings. The lowest BCUT2D eigenvalue weighted by molar-refractivity contribution is -0.138. The van der Waals surface area contributed by atoms with Gasteiger partial charge in [0.15, 0.2) is 0 Å². The van der Waals surface area contributed by atoms with Gasteiger partial charge in [-0.15, -0.1) is 0 Å². The van der Waals surface area contributed by atoms with E-state index in [1.165, 1.54) is 0 Å². The van der Waals surface area contributed by atoms with E-state index < -0.39 is 11.9 Å². The molecule has 0 amide bonds. The number of thioether (sulfide) groups is 1. The Morgan fingerprint density at radius 2 is 1.12 bits per heavy atom. The highest BCUT2D eigenvalue weighted by molar-refractivity contribution is 7.99. The lowest BCUT2D eigenvalue weighted by Gasteiger charge is -2.34. The molecule has 222 valence electrons. The maximum atomic E-state index is 13.2. The summed E-state index contributed by atoms with van der Waals surface area (Å²) >= 11 is 1.86. The molecular formula is C35H52O4S. The second-order valence-corrected chi connectivity index (χ2v) is 16.9. The minimum absolute atomic E-state index is 0.304. The van der Waals surface area contributed by atoms with Crippen molar-refractivity contribution in [3.05, 3.63) is 56.6 Å². The SMILES string of the molecule is CC(C)(C)c1cc2c(c(C(C)(C)C)c1O)CCSCCc1c(cc(C(C)(C)C)c(O)c1C(C)(C)C)C(C(=O)O)C2. The van der Waals surface area contributed by atoms with Gasteiger partial charge in [-0.05, 0) is 85.8 Å². The predicted molar refractivity (Wildman–Crippen MR) is 170 cm³/mol. The number of phenolic OH excluding ortho intramolecular Hbond substituents is 2. The summed E-state index contributed by atoms with van der Waals surface area (Å²) in [5, 5.41) is 34.1. The van der Waals surface area contributed by atoms with Crippen LogP contribution in [0.15, 0.2) is 12.1 Å². The van der Waals surface area contributed by atoms with Crippen LogP contribution >= 0.6 is 11.8 Å². The van der Waals surface area contributed by atoms with Crippen LogP contribution in [0.4, 0.5) is 0 Å². The summed E-state index contributed by atoms with van der Waals surface area (Å²) in [7, 11) is 0. The summed E-state index contributed by atoms with van der Waals surface area (Å²) in [6.45, 7) is 25.2. The number of rotatable bonds is 1. The highest BCUT2D eigenvalue weighted by atomic mass is 32.2. The lowest BCUT2D eigenvalue weighted by atomic mass is 9.71. The fraction of sp³-hybridized carbons (Fsp3) is 0.629. The van der Waals surface area contributed by atoms with Gasteiger partial charge in [0.2, 0.25) is 0 Å². The molecule has 1 aliphatic heterocycles. The molecule has 0 saturated carbocycles. The molecule has 0 fully saturated rings. The third-order valence-corrected chi connectivity index (χ3v) is 9.13. The average molecular weight is 569 g/mol. The monoisotopic (exact) mass is 568 g/mol. The quantitative estimate of drug-likeness (QED) is 0.321. The van der Waals surface area contributed by atoms with Crippen LogP contribution in [0.5, 0.6) is 11.5 Å². The molecule has 1 unspecified atom stereocenters. The minimum Gasteiger partial charge on any atom is -0.507 e. The van der Waals surface area contributed by atoms with Crippen molar-refractivity contribution in [2.24, 2.45) is 0 Å². The van der Waals surface area contributed by atoms with Crippen LogP contribution in [0.2, 0.25) is 0 Å². The van der Waals surface area contributed by atoms with Crippen molar-refractivity contribution < 1.29 is 20.1 Å². The number of fused-ring (bicyclic) bond motifs is 2. The van der Waals surface area contributed by atoms with Crippen LogP contribution in [0.25, 0.3) is 0 Å². The average Bonchev–Trinajstić information content (AvgIpc) is 2.77.